The minimum Gasteiger partial charge on any atom is -0.395 e. The SMILES string of the molecule is CCN(CCO)C(=O)C(=O)N(C)c1ccccc1. The van der Waals surface area contributed by atoms with Crippen LogP contribution in [0.2, 0.25) is 0 Å². The van der Waals surface area contributed by atoms with Gasteiger partial charge in [-0.3, -0.25) is 9.59 Å². The molecule has 98 valence electrons. The second-order valence-corrected chi connectivity index (χ2v) is 3.81. The Morgan fingerprint density at radius 1 is 1.17 bits per heavy atom. The van der Waals surface area contributed by atoms with Gasteiger partial charge in [-0.25, -0.2) is 0 Å². The predicted molar refractivity (Wildman–Crippen MR) is 69.2 cm³/mol. The van der Waals surface area contributed by atoms with Crippen molar-refractivity contribution in [2.24, 2.45) is 0 Å². The lowest BCUT2D eigenvalue weighted by molar-refractivity contribution is -0.144. The van der Waals surface area contributed by atoms with Gasteiger partial charge in [0, 0.05) is 25.8 Å². The quantitative estimate of drug-likeness (QED) is 0.791. The average Bonchev–Trinajstić information content (AvgIpc) is 2.43. The van der Waals surface area contributed by atoms with Crippen LogP contribution in [0.5, 0.6) is 0 Å². The summed E-state index contributed by atoms with van der Waals surface area (Å²) in [6.07, 6.45) is 0. The summed E-state index contributed by atoms with van der Waals surface area (Å²) in [5.41, 5.74) is 0.663. The van der Waals surface area contributed by atoms with E-state index in [2.05, 4.69) is 0 Å². The smallest absolute Gasteiger partial charge is 0.316 e. The molecular weight excluding hydrogens is 232 g/mol. The third-order valence-electron chi connectivity index (χ3n) is 2.67. The average molecular weight is 250 g/mol. The van der Waals surface area contributed by atoms with Crippen molar-refractivity contribution >= 4 is 17.5 Å². The number of aliphatic hydroxyl groups is 1. The van der Waals surface area contributed by atoms with E-state index in [0.29, 0.717) is 12.2 Å². The van der Waals surface area contributed by atoms with Gasteiger partial charge >= 0.3 is 11.8 Å². The molecule has 0 fully saturated rings. The second-order valence-electron chi connectivity index (χ2n) is 3.81. The van der Waals surface area contributed by atoms with Gasteiger partial charge in [0.1, 0.15) is 0 Å². The van der Waals surface area contributed by atoms with Crippen molar-refractivity contribution in [2.75, 3.05) is 31.6 Å². The zero-order chi connectivity index (χ0) is 13.5. The number of benzene rings is 1. The standard InChI is InChI=1S/C13H18N2O3/c1-3-15(9-10-16)13(18)12(17)14(2)11-7-5-4-6-8-11/h4-8,16H,3,9-10H2,1-2H3. The lowest BCUT2D eigenvalue weighted by Gasteiger charge is -2.23. The zero-order valence-corrected chi connectivity index (χ0v) is 10.7. The van der Waals surface area contributed by atoms with Gasteiger partial charge in [-0.15, -0.1) is 0 Å². The van der Waals surface area contributed by atoms with Crippen LogP contribution in [0.3, 0.4) is 0 Å². The molecule has 5 heteroatoms. The number of rotatable bonds is 4. The van der Waals surface area contributed by atoms with E-state index >= 15 is 0 Å². The maximum absolute atomic E-state index is 12.0. The van der Waals surface area contributed by atoms with E-state index < -0.39 is 11.8 Å². The van der Waals surface area contributed by atoms with Crippen LogP contribution in [0.1, 0.15) is 6.92 Å². The third kappa shape index (κ3) is 3.30. The molecule has 0 saturated heterocycles. The molecule has 0 saturated carbocycles. The monoisotopic (exact) mass is 250 g/mol. The Bertz CT molecular complexity index is 406. The van der Waals surface area contributed by atoms with Crippen molar-refractivity contribution in [1.29, 1.82) is 0 Å². The van der Waals surface area contributed by atoms with E-state index in [1.165, 1.54) is 9.80 Å². The van der Waals surface area contributed by atoms with Crippen LogP contribution in [0.4, 0.5) is 5.69 Å². The van der Waals surface area contributed by atoms with Crippen LogP contribution >= 0.6 is 0 Å². The summed E-state index contributed by atoms with van der Waals surface area (Å²) >= 11 is 0. The molecule has 0 radical (unpaired) electrons. The van der Waals surface area contributed by atoms with Crippen LogP contribution in [-0.4, -0.2) is 48.6 Å². The molecule has 1 aromatic rings. The van der Waals surface area contributed by atoms with Gasteiger partial charge in [-0.05, 0) is 19.1 Å². The summed E-state index contributed by atoms with van der Waals surface area (Å²) in [6, 6.07) is 8.96. The van der Waals surface area contributed by atoms with E-state index in [1.807, 2.05) is 6.07 Å². The van der Waals surface area contributed by atoms with Crippen LogP contribution < -0.4 is 4.90 Å². The molecule has 0 aromatic heterocycles. The molecule has 18 heavy (non-hydrogen) atoms. The van der Waals surface area contributed by atoms with Crippen LogP contribution in [0.25, 0.3) is 0 Å². The Kier molecular flexibility index (Phi) is 5.32. The number of amides is 2. The lowest BCUT2D eigenvalue weighted by atomic mass is 10.3. The van der Waals surface area contributed by atoms with Crippen molar-refractivity contribution in [1.82, 2.24) is 4.90 Å². The Labute approximate surface area is 107 Å². The summed E-state index contributed by atoms with van der Waals surface area (Å²) in [5, 5.41) is 8.84. The molecule has 0 aliphatic rings. The molecule has 0 aliphatic carbocycles. The van der Waals surface area contributed by atoms with E-state index in [-0.39, 0.29) is 13.2 Å². The summed E-state index contributed by atoms with van der Waals surface area (Å²) in [5.74, 6) is -1.20. The maximum Gasteiger partial charge on any atom is 0.316 e. The summed E-state index contributed by atoms with van der Waals surface area (Å²) < 4.78 is 0. The fourth-order valence-electron chi connectivity index (χ4n) is 1.57. The maximum atomic E-state index is 12.0. The molecular formula is C13H18N2O3. The van der Waals surface area contributed by atoms with Crippen molar-refractivity contribution in [3.05, 3.63) is 30.3 Å². The molecule has 0 atom stereocenters. The van der Waals surface area contributed by atoms with Crippen molar-refractivity contribution in [2.45, 2.75) is 6.92 Å². The van der Waals surface area contributed by atoms with Crippen molar-refractivity contribution in [3.63, 3.8) is 0 Å². The highest BCUT2D eigenvalue weighted by Gasteiger charge is 2.24. The first-order valence-corrected chi connectivity index (χ1v) is 5.84. The van der Waals surface area contributed by atoms with Crippen LogP contribution in [0.15, 0.2) is 30.3 Å². The minimum atomic E-state index is -0.600. The molecule has 5 nitrogen and oxygen atoms in total. The normalized spacial score (nSPS) is 9.94. The van der Waals surface area contributed by atoms with Gasteiger partial charge in [-0.2, -0.15) is 0 Å². The van der Waals surface area contributed by atoms with Crippen molar-refractivity contribution < 1.29 is 14.7 Å². The number of likely N-dealkylation sites (N-methyl/N-ethyl adjacent to an activating group) is 2. The fraction of sp³-hybridized carbons (Fsp3) is 0.385. The molecule has 2 amide bonds. The molecule has 1 N–H and O–H groups in total. The fourth-order valence-corrected chi connectivity index (χ4v) is 1.57. The Morgan fingerprint density at radius 2 is 1.78 bits per heavy atom. The predicted octanol–water partition coefficient (Wildman–Crippen LogP) is 0.490. The highest BCUT2D eigenvalue weighted by atomic mass is 16.3. The van der Waals surface area contributed by atoms with Crippen LogP contribution in [0, 0.1) is 0 Å². The number of carbonyl (C=O) groups is 2. The molecule has 1 aromatic carbocycles. The number of hydrogen-bond donors (Lipinski definition) is 1. The van der Waals surface area contributed by atoms with Gasteiger partial charge in [0.25, 0.3) is 0 Å². The van der Waals surface area contributed by atoms with E-state index in [9.17, 15) is 9.59 Å². The zero-order valence-electron chi connectivity index (χ0n) is 10.7. The summed E-state index contributed by atoms with van der Waals surface area (Å²) in [6.45, 7) is 2.18. The number of anilines is 1. The third-order valence-corrected chi connectivity index (χ3v) is 2.67. The Morgan fingerprint density at radius 3 is 2.28 bits per heavy atom. The molecule has 0 heterocycles. The Balaban J connectivity index is 2.77. The van der Waals surface area contributed by atoms with E-state index in [1.54, 1.807) is 38.2 Å². The second kappa shape index (κ2) is 6.76. The first kappa shape index (κ1) is 14.2. The summed E-state index contributed by atoms with van der Waals surface area (Å²) in [7, 11) is 1.56. The lowest BCUT2D eigenvalue weighted by Crippen LogP contribution is -2.44. The van der Waals surface area contributed by atoms with Crippen LogP contribution in [-0.2, 0) is 9.59 Å². The van der Waals surface area contributed by atoms with Gasteiger partial charge < -0.3 is 14.9 Å². The minimum absolute atomic E-state index is 0.151. The highest BCUT2D eigenvalue weighted by Crippen LogP contribution is 2.11. The number of para-hydroxylation sites is 1. The number of carbonyl (C=O) groups excluding carboxylic acids is 2. The summed E-state index contributed by atoms with van der Waals surface area (Å²) in [4.78, 5) is 26.5. The first-order chi connectivity index (χ1) is 8.61. The highest BCUT2D eigenvalue weighted by molar-refractivity contribution is 6.40. The molecule has 1 rings (SSSR count). The van der Waals surface area contributed by atoms with Crippen molar-refractivity contribution in [3.8, 4) is 0 Å². The molecule has 0 aliphatic heterocycles. The molecule has 0 unspecified atom stereocenters. The molecule has 0 spiro atoms. The topological polar surface area (TPSA) is 60.9 Å². The van der Waals surface area contributed by atoms with E-state index in [4.69, 9.17) is 5.11 Å². The number of aliphatic hydroxyl groups excluding tert-OH is 1. The number of hydrogen-bond acceptors (Lipinski definition) is 3. The molecule has 0 bridgehead atoms. The first-order valence-electron chi connectivity index (χ1n) is 5.84. The number of nitrogens with zero attached hydrogens (tertiary/aromatic N) is 2. The largest absolute Gasteiger partial charge is 0.395 e. The van der Waals surface area contributed by atoms with E-state index in [0.717, 1.165) is 0 Å². The van der Waals surface area contributed by atoms with Gasteiger partial charge in [0.15, 0.2) is 0 Å². The Hall–Kier alpha value is -1.88. The van der Waals surface area contributed by atoms with Gasteiger partial charge in [-0.1, -0.05) is 18.2 Å². The van der Waals surface area contributed by atoms with Gasteiger partial charge in [0.2, 0.25) is 0 Å². The van der Waals surface area contributed by atoms with Gasteiger partial charge in [0.05, 0.1) is 6.61 Å².